The average molecular weight is 302 g/mol. The number of nitrogens with two attached hydrogens (primary N) is 1. The van der Waals surface area contributed by atoms with Gasteiger partial charge in [-0.25, -0.2) is 0 Å². The molecule has 0 heterocycles. The van der Waals surface area contributed by atoms with E-state index >= 15 is 0 Å². The van der Waals surface area contributed by atoms with Gasteiger partial charge in [0.2, 0.25) is 0 Å². The fraction of sp³-hybridized carbons (Fsp3) is 0.600. The summed E-state index contributed by atoms with van der Waals surface area (Å²) >= 11 is 0. The van der Waals surface area contributed by atoms with Crippen LogP contribution in [0.3, 0.4) is 0 Å². The van der Waals surface area contributed by atoms with Crippen LogP contribution in [0.4, 0.5) is 13.2 Å². The third-order valence-corrected chi connectivity index (χ3v) is 3.93. The zero-order valence-corrected chi connectivity index (χ0v) is 11.8. The summed E-state index contributed by atoms with van der Waals surface area (Å²) in [6.07, 6.45) is -0.117. The zero-order chi connectivity index (χ0) is 15.3. The van der Waals surface area contributed by atoms with Crippen molar-refractivity contribution in [1.29, 1.82) is 0 Å². The molecule has 1 fully saturated rings. The average Bonchev–Trinajstić information content (AvgIpc) is 2.37. The molecule has 1 unspecified atom stereocenters. The van der Waals surface area contributed by atoms with Gasteiger partial charge in [0.15, 0.2) is 0 Å². The first-order valence-electron chi connectivity index (χ1n) is 7.20. The summed E-state index contributed by atoms with van der Waals surface area (Å²) in [4.78, 5) is 0. The van der Waals surface area contributed by atoms with Crippen molar-refractivity contribution in [2.24, 2.45) is 5.84 Å². The maximum atomic E-state index is 12.0. The lowest BCUT2D eigenvalue weighted by Crippen LogP contribution is -2.29. The molecule has 6 heteroatoms. The molecule has 3 nitrogen and oxygen atoms in total. The van der Waals surface area contributed by atoms with Gasteiger partial charge in [0.25, 0.3) is 0 Å². The van der Waals surface area contributed by atoms with E-state index in [2.05, 4.69) is 22.3 Å². The van der Waals surface area contributed by atoms with Crippen molar-refractivity contribution in [2.75, 3.05) is 13.2 Å². The Kier molecular flexibility index (Phi) is 5.61. The topological polar surface area (TPSA) is 47.3 Å². The standard InChI is InChI=1S/C15H21F3N2O/c16-15(17,18)10-21-9-8-14(20-19)13-6-4-12(5-7-13)11-2-1-3-11/h4-7,11,14,20H,1-3,8-10,19H2. The molecule has 1 aromatic rings. The van der Waals surface area contributed by atoms with Crippen LogP contribution >= 0.6 is 0 Å². The highest BCUT2D eigenvalue weighted by Crippen LogP contribution is 2.36. The first-order chi connectivity index (χ1) is 9.99. The Morgan fingerprint density at radius 1 is 1.24 bits per heavy atom. The van der Waals surface area contributed by atoms with Crippen LogP contribution in [0.1, 0.15) is 48.8 Å². The molecule has 0 aromatic heterocycles. The van der Waals surface area contributed by atoms with Crippen molar-refractivity contribution < 1.29 is 17.9 Å². The second-order valence-corrected chi connectivity index (χ2v) is 5.47. The van der Waals surface area contributed by atoms with Crippen LogP contribution in [0, 0.1) is 0 Å². The highest BCUT2D eigenvalue weighted by atomic mass is 19.4. The molecule has 0 aliphatic heterocycles. The highest BCUT2D eigenvalue weighted by molar-refractivity contribution is 5.28. The van der Waals surface area contributed by atoms with Gasteiger partial charge < -0.3 is 4.74 Å². The molecule has 1 aromatic carbocycles. The van der Waals surface area contributed by atoms with E-state index in [0.717, 1.165) is 5.56 Å². The molecule has 0 bridgehead atoms. The maximum Gasteiger partial charge on any atom is 0.411 e. The first-order valence-corrected chi connectivity index (χ1v) is 7.20. The smallest absolute Gasteiger partial charge is 0.372 e. The Labute approximate surface area is 122 Å². The Balaban J connectivity index is 1.82. The summed E-state index contributed by atoms with van der Waals surface area (Å²) in [5.74, 6) is 6.15. The first kappa shape index (κ1) is 16.3. The predicted octanol–water partition coefficient (Wildman–Crippen LogP) is 3.43. The highest BCUT2D eigenvalue weighted by Gasteiger charge is 2.27. The van der Waals surface area contributed by atoms with E-state index < -0.39 is 12.8 Å². The number of hydrazine groups is 1. The summed E-state index contributed by atoms with van der Waals surface area (Å²) in [5, 5.41) is 0. The Hall–Kier alpha value is -1.11. The van der Waals surface area contributed by atoms with Crippen molar-refractivity contribution in [3.63, 3.8) is 0 Å². The number of ether oxygens (including phenoxy) is 1. The lowest BCUT2D eigenvalue weighted by Gasteiger charge is -2.26. The van der Waals surface area contributed by atoms with Gasteiger partial charge in [0, 0.05) is 12.6 Å². The zero-order valence-electron chi connectivity index (χ0n) is 11.8. The molecule has 0 radical (unpaired) electrons. The molecule has 2 rings (SSSR count). The SMILES string of the molecule is NNC(CCOCC(F)(F)F)c1ccc(C2CCC2)cc1. The lowest BCUT2D eigenvalue weighted by atomic mass is 9.80. The van der Waals surface area contributed by atoms with Crippen molar-refractivity contribution in [3.05, 3.63) is 35.4 Å². The number of rotatable bonds is 7. The Bertz CT molecular complexity index is 430. The van der Waals surface area contributed by atoms with Crippen LogP contribution in [-0.2, 0) is 4.74 Å². The second-order valence-electron chi connectivity index (χ2n) is 5.47. The molecule has 0 amide bonds. The van der Waals surface area contributed by atoms with E-state index in [-0.39, 0.29) is 12.6 Å². The molecule has 0 spiro atoms. The number of nitrogens with one attached hydrogen (secondary N) is 1. The molecular weight excluding hydrogens is 281 g/mol. The van der Waals surface area contributed by atoms with Gasteiger partial charge in [-0.05, 0) is 36.3 Å². The van der Waals surface area contributed by atoms with E-state index in [1.54, 1.807) is 0 Å². The van der Waals surface area contributed by atoms with Crippen LogP contribution in [0.2, 0.25) is 0 Å². The van der Waals surface area contributed by atoms with Gasteiger partial charge in [0.05, 0.1) is 0 Å². The quantitative estimate of drug-likeness (QED) is 0.461. The number of hydrogen-bond acceptors (Lipinski definition) is 3. The lowest BCUT2D eigenvalue weighted by molar-refractivity contribution is -0.174. The normalized spacial score (nSPS) is 17.5. The van der Waals surface area contributed by atoms with Gasteiger partial charge in [0.1, 0.15) is 6.61 Å². The summed E-state index contributed by atoms with van der Waals surface area (Å²) < 4.78 is 40.6. The van der Waals surface area contributed by atoms with Crippen molar-refractivity contribution in [2.45, 2.75) is 43.8 Å². The maximum absolute atomic E-state index is 12.0. The second kappa shape index (κ2) is 7.24. The van der Waals surface area contributed by atoms with Crippen LogP contribution in [0.5, 0.6) is 0 Å². The Morgan fingerprint density at radius 3 is 2.38 bits per heavy atom. The largest absolute Gasteiger partial charge is 0.411 e. The number of benzene rings is 1. The predicted molar refractivity (Wildman–Crippen MR) is 74.6 cm³/mol. The minimum atomic E-state index is -4.28. The van der Waals surface area contributed by atoms with Crippen molar-refractivity contribution in [1.82, 2.24) is 5.43 Å². The minimum Gasteiger partial charge on any atom is -0.372 e. The van der Waals surface area contributed by atoms with E-state index in [4.69, 9.17) is 5.84 Å². The molecule has 1 aliphatic rings. The van der Waals surface area contributed by atoms with Gasteiger partial charge in [-0.3, -0.25) is 11.3 Å². The molecular formula is C15H21F3N2O. The summed E-state index contributed by atoms with van der Waals surface area (Å²) in [5.41, 5.74) is 4.93. The molecule has 1 atom stereocenters. The number of halogens is 3. The molecule has 1 aliphatic carbocycles. The third kappa shape index (κ3) is 4.98. The molecule has 0 saturated heterocycles. The monoisotopic (exact) mass is 302 g/mol. The fourth-order valence-corrected chi connectivity index (χ4v) is 2.48. The van der Waals surface area contributed by atoms with Crippen molar-refractivity contribution in [3.8, 4) is 0 Å². The van der Waals surface area contributed by atoms with Crippen LogP contribution in [0.15, 0.2) is 24.3 Å². The summed E-state index contributed by atoms with van der Waals surface area (Å²) in [7, 11) is 0. The van der Waals surface area contributed by atoms with E-state index in [1.165, 1.54) is 24.8 Å². The minimum absolute atomic E-state index is 0.0127. The Morgan fingerprint density at radius 2 is 1.90 bits per heavy atom. The molecule has 21 heavy (non-hydrogen) atoms. The fourth-order valence-electron chi connectivity index (χ4n) is 2.48. The van der Waals surface area contributed by atoms with Gasteiger partial charge in [-0.15, -0.1) is 0 Å². The van der Waals surface area contributed by atoms with Crippen LogP contribution in [0.25, 0.3) is 0 Å². The van der Waals surface area contributed by atoms with E-state index in [0.29, 0.717) is 12.3 Å². The molecule has 1 saturated carbocycles. The van der Waals surface area contributed by atoms with E-state index in [9.17, 15) is 13.2 Å². The summed E-state index contributed by atoms with van der Waals surface area (Å²) in [6.45, 7) is -1.20. The molecule has 118 valence electrons. The van der Waals surface area contributed by atoms with Crippen molar-refractivity contribution >= 4 is 0 Å². The third-order valence-electron chi connectivity index (χ3n) is 3.93. The molecule has 3 N–H and O–H groups in total. The van der Waals surface area contributed by atoms with Gasteiger partial charge in [-0.1, -0.05) is 30.7 Å². The van der Waals surface area contributed by atoms with Crippen LogP contribution < -0.4 is 11.3 Å². The number of hydrogen-bond donors (Lipinski definition) is 2. The summed E-state index contributed by atoms with van der Waals surface area (Å²) in [6, 6.07) is 7.94. The van der Waals surface area contributed by atoms with Crippen LogP contribution in [-0.4, -0.2) is 19.4 Å². The van der Waals surface area contributed by atoms with E-state index in [1.807, 2.05) is 12.1 Å². The van der Waals surface area contributed by atoms with Gasteiger partial charge >= 0.3 is 6.18 Å². The number of alkyl halides is 3. The van der Waals surface area contributed by atoms with Gasteiger partial charge in [-0.2, -0.15) is 13.2 Å².